The molecule has 1 aliphatic carbocycles. The number of nitrogens with two attached hydrogens (primary N) is 1. The highest BCUT2D eigenvalue weighted by molar-refractivity contribution is 5.79. The molecule has 4 nitrogen and oxygen atoms in total. The van der Waals surface area contributed by atoms with Crippen molar-refractivity contribution in [3.8, 4) is 0 Å². The topological polar surface area (TPSA) is 55.6 Å². The molecule has 110 valence electrons. The summed E-state index contributed by atoms with van der Waals surface area (Å²) in [5.74, 6) is 0.507. The number of amides is 1. The SMILES string of the molecule is C[C@@H]1CCCC[C@@H]1OCCN1CCCC[C@H]1C(N)=O. The van der Waals surface area contributed by atoms with Gasteiger partial charge < -0.3 is 10.5 Å². The second-order valence-electron chi connectivity index (χ2n) is 6.12. The number of likely N-dealkylation sites (tertiary alicyclic amines) is 1. The van der Waals surface area contributed by atoms with Crippen LogP contribution < -0.4 is 5.73 Å². The molecule has 0 bridgehead atoms. The van der Waals surface area contributed by atoms with Gasteiger partial charge in [0.15, 0.2) is 0 Å². The Morgan fingerprint density at radius 2 is 1.95 bits per heavy atom. The van der Waals surface area contributed by atoms with E-state index in [1.807, 2.05) is 0 Å². The number of piperidine rings is 1. The lowest BCUT2D eigenvalue weighted by atomic mass is 9.88. The van der Waals surface area contributed by atoms with Gasteiger partial charge in [0, 0.05) is 6.54 Å². The van der Waals surface area contributed by atoms with E-state index in [1.54, 1.807) is 0 Å². The number of carbonyl (C=O) groups is 1. The van der Waals surface area contributed by atoms with E-state index >= 15 is 0 Å². The maximum atomic E-state index is 11.4. The first-order valence-electron chi connectivity index (χ1n) is 7.83. The van der Waals surface area contributed by atoms with Crippen LogP contribution in [0.1, 0.15) is 51.9 Å². The zero-order valence-corrected chi connectivity index (χ0v) is 12.1. The van der Waals surface area contributed by atoms with Crippen molar-refractivity contribution in [3.63, 3.8) is 0 Å². The molecule has 0 aromatic carbocycles. The normalized spacial score (nSPS) is 33.2. The van der Waals surface area contributed by atoms with Crippen LogP contribution in [0.25, 0.3) is 0 Å². The van der Waals surface area contributed by atoms with Crippen LogP contribution in [0.5, 0.6) is 0 Å². The second kappa shape index (κ2) is 7.25. The molecule has 4 heteroatoms. The fourth-order valence-electron chi connectivity index (χ4n) is 3.43. The predicted octanol–water partition coefficient (Wildman–Crippen LogP) is 1.92. The molecule has 1 saturated carbocycles. The molecule has 2 N–H and O–H groups in total. The number of carbonyl (C=O) groups excluding carboxylic acids is 1. The molecule has 0 spiro atoms. The zero-order chi connectivity index (χ0) is 13.7. The van der Waals surface area contributed by atoms with Crippen molar-refractivity contribution >= 4 is 5.91 Å². The summed E-state index contributed by atoms with van der Waals surface area (Å²) in [5, 5.41) is 0. The lowest BCUT2D eigenvalue weighted by Crippen LogP contribution is -2.49. The van der Waals surface area contributed by atoms with Crippen LogP contribution in [0.4, 0.5) is 0 Å². The third-order valence-electron chi connectivity index (χ3n) is 4.69. The summed E-state index contributed by atoms with van der Waals surface area (Å²) in [5.41, 5.74) is 5.47. The van der Waals surface area contributed by atoms with Crippen LogP contribution in [0.3, 0.4) is 0 Å². The number of ether oxygens (including phenoxy) is 1. The molecule has 1 saturated heterocycles. The largest absolute Gasteiger partial charge is 0.377 e. The van der Waals surface area contributed by atoms with Gasteiger partial charge in [-0.15, -0.1) is 0 Å². The summed E-state index contributed by atoms with van der Waals surface area (Å²) in [7, 11) is 0. The van der Waals surface area contributed by atoms with Gasteiger partial charge in [0.25, 0.3) is 0 Å². The fourth-order valence-corrected chi connectivity index (χ4v) is 3.43. The molecule has 0 unspecified atom stereocenters. The molecule has 0 aromatic rings. The Labute approximate surface area is 116 Å². The third-order valence-corrected chi connectivity index (χ3v) is 4.69. The lowest BCUT2D eigenvalue weighted by molar-refractivity contribution is -0.125. The monoisotopic (exact) mass is 268 g/mol. The molecule has 0 aromatic heterocycles. The van der Waals surface area contributed by atoms with E-state index < -0.39 is 0 Å². The van der Waals surface area contributed by atoms with Gasteiger partial charge in [0.05, 0.1) is 18.8 Å². The van der Waals surface area contributed by atoms with Crippen molar-refractivity contribution < 1.29 is 9.53 Å². The van der Waals surface area contributed by atoms with Crippen LogP contribution in [0.2, 0.25) is 0 Å². The molecular formula is C15H28N2O2. The minimum atomic E-state index is -0.175. The third kappa shape index (κ3) is 4.18. The van der Waals surface area contributed by atoms with Crippen LogP contribution in [0, 0.1) is 5.92 Å². The minimum Gasteiger partial charge on any atom is -0.377 e. The lowest BCUT2D eigenvalue weighted by Gasteiger charge is -2.34. The highest BCUT2D eigenvalue weighted by atomic mass is 16.5. The summed E-state index contributed by atoms with van der Waals surface area (Å²) >= 11 is 0. The van der Waals surface area contributed by atoms with Gasteiger partial charge in [0.1, 0.15) is 0 Å². The molecule has 2 aliphatic rings. The van der Waals surface area contributed by atoms with Gasteiger partial charge in [-0.2, -0.15) is 0 Å². The molecule has 2 rings (SSSR count). The highest BCUT2D eigenvalue weighted by Crippen LogP contribution is 2.26. The van der Waals surface area contributed by atoms with Crippen LogP contribution in [-0.2, 0) is 9.53 Å². The molecule has 1 heterocycles. The molecular weight excluding hydrogens is 240 g/mol. The number of hydrogen-bond donors (Lipinski definition) is 1. The first kappa shape index (κ1) is 14.8. The van der Waals surface area contributed by atoms with E-state index in [0.29, 0.717) is 12.0 Å². The Morgan fingerprint density at radius 3 is 2.68 bits per heavy atom. The summed E-state index contributed by atoms with van der Waals surface area (Å²) in [6.07, 6.45) is 8.74. The van der Waals surface area contributed by atoms with E-state index in [2.05, 4.69) is 11.8 Å². The summed E-state index contributed by atoms with van der Waals surface area (Å²) in [4.78, 5) is 13.6. The molecule has 2 fully saturated rings. The van der Waals surface area contributed by atoms with E-state index in [1.165, 1.54) is 32.1 Å². The van der Waals surface area contributed by atoms with Crippen LogP contribution in [-0.4, -0.2) is 42.6 Å². The first-order valence-corrected chi connectivity index (χ1v) is 7.83. The number of nitrogens with zero attached hydrogens (tertiary/aromatic N) is 1. The molecule has 3 atom stereocenters. The van der Waals surface area contributed by atoms with Gasteiger partial charge in [0.2, 0.25) is 5.91 Å². The Morgan fingerprint density at radius 1 is 1.21 bits per heavy atom. The smallest absolute Gasteiger partial charge is 0.234 e. The fraction of sp³-hybridized carbons (Fsp3) is 0.933. The molecule has 0 radical (unpaired) electrons. The van der Waals surface area contributed by atoms with Crippen molar-refractivity contribution in [3.05, 3.63) is 0 Å². The van der Waals surface area contributed by atoms with Gasteiger partial charge >= 0.3 is 0 Å². The Kier molecular flexibility index (Phi) is 5.64. The maximum absolute atomic E-state index is 11.4. The first-order chi connectivity index (χ1) is 9.18. The van der Waals surface area contributed by atoms with Crippen molar-refractivity contribution in [2.75, 3.05) is 19.7 Å². The number of primary amides is 1. The minimum absolute atomic E-state index is 0.0684. The van der Waals surface area contributed by atoms with Crippen molar-refractivity contribution in [1.29, 1.82) is 0 Å². The molecule has 19 heavy (non-hydrogen) atoms. The van der Waals surface area contributed by atoms with Crippen molar-refractivity contribution in [1.82, 2.24) is 4.90 Å². The predicted molar refractivity (Wildman–Crippen MR) is 75.8 cm³/mol. The van der Waals surface area contributed by atoms with Gasteiger partial charge in [-0.1, -0.05) is 26.2 Å². The second-order valence-corrected chi connectivity index (χ2v) is 6.12. The molecule has 1 aliphatic heterocycles. The summed E-state index contributed by atoms with van der Waals surface area (Å²) in [6, 6.07) is -0.0684. The Balaban J connectivity index is 1.73. The van der Waals surface area contributed by atoms with E-state index in [4.69, 9.17) is 10.5 Å². The summed E-state index contributed by atoms with van der Waals surface area (Å²) in [6.45, 7) is 4.85. The Bertz CT molecular complexity index is 296. The zero-order valence-electron chi connectivity index (χ0n) is 12.1. The standard InChI is InChI=1S/C15H28N2O2/c1-12-6-2-3-8-14(12)19-11-10-17-9-5-4-7-13(17)15(16)18/h12-14H,2-11H2,1H3,(H2,16,18)/t12-,13+,14+/m1/s1. The molecule has 1 amide bonds. The Hall–Kier alpha value is -0.610. The van der Waals surface area contributed by atoms with Crippen LogP contribution in [0.15, 0.2) is 0 Å². The van der Waals surface area contributed by atoms with Gasteiger partial charge in [-0.25, -0.2) is 0 Å². The average molecular weight is 268 g/mol. The number of rotatable bonds is 5. The quantitative estimate of drug-likeness (QED) is 0.829. The van der Waals surface area contributed by atoms with E-state index in [9.17, 15) is 4.79 Å². The number of hydrogen-bond acceptors (Lipinski definition) is 3. The van der Waals surface area contributed by atoms with Crippen molar-refractivity contribution in [2.24, 2.45) is 11.7 Å². The van der Waals surface area contributed by atoms with E-state index in [0.717, 1.165) is 32.5 Å². The maximum Gasteiger partial charge on any atom is 0.234 e. The van der Waals surface area contributed by atoms with Crippen LogP contribution >= 0.6 is 0 Å². The summed E-state index contributed by atoms with van der Waals surface area (Å²) < 4.78 is 6.03. The average Bonchev–Trinajstić information content (AvgIpc) is 2.41. The van der Waals surface area contributed by atoms with Gasteiger partial charge in [-0.05, 0) is 38.1 Å². The highest BCUT2D eigenvalue weighted by Gasteiger charge is 2.27. The van der Waals surface area contributed by atoms with E-state index in [-0.39, 0.29) is 11.9 Å². The van der Waals surface area contributed by atoms with Crippen molar-refractivity contribution in [2.45, 2.75) is 64.0 Å². The van der Waals surface area contributed by atoms with Gasteiger partial charge in [-0.3, -0.25) is 9.69 Å².